The molecule has 1 aliphatic rings. The molecular formula is C13H23BrN2O3. The van der Waals surface area contributed by atoms with Crippen LogP contribution >= 0.6 is 15.9 Å². The highest BCUT2D eigenvalue weighted by Crippen LogP contribution is 2.18. The number of amides is 2. The molecule has 5 nitrogen and oxygen atoms in total. The number of hydrogen-bond acceptors (Lipinski definition) is 3. The van der Waals surface area contributed by atoms with E-state index in [1.54, 1.807) is 6.92 Å². The number of carbonyl (C=O) groups excluding carboxylic acids is 2. The van der Waals surface area contributed by atoms with E-state index in [0.29, 0.717) is 13.2 Å². The average Bonchev–Trinajstić information content (AvgIpc) is 2.37. The fourth-order valence-electron chi connectivity index (χ4n) is 2.09. The van der Waals surface area contributed by atoms with Crippen molar-refractivity contribution in [1.29, 1.82) is 0 Å². The molecule has 1 heterocycles. The minimum atomic E-state index is -0.402. The summed E-state index contributed by atoms with van der Waals surface area (Å²) in [6.07, 6.45) is 1.39. The summed E-state index contributed by atoms with van der Waals surface area (Å²) in [5.74, 6) is 0.358. The van der Waals surface area contributed by atoms with Crippen molar-refractivity contribution in [3.8, 4) is 0 Å². The van der Waals surface area contributed by atoms with Crippen LogP contribution in [-0.2, 0) is 9.53 Å². The number of carbonyl (C=O) groups is 2. The lowest BCUT2D eigenvalue weighted by Crippen LogP contribution is -2.51. The van der Waals surface area contributed by atoms with Gasteiger partial charge >= 0.3 is 6.09 Å². The maximum absolute atomic E-state index is 12.2. The zero-order chi connectivity index (χ0) is 14.4. The number of piperidine rings is 1. The van der Waals surface area contributed by atoms with Crippen molar-refractivity contribution in [2.45, 2.75) is 44.5 Å². The lowest BCUT2D eigenvalue weighted by Gasteiger charge is -2.34. The molecule has 2 atom stereocenters. The number of halogens is 1. The van der Waals surface area contributed by atoms with Crippen molar-refractivity contribution in [2.75, 3.05) is 19.7 Å². The molecular weight excluding hydrogens is 312 g/mol. The second-order valence-corrected chi connectivity index (χ2v) is 6.12. The standard InChI is InChI=1S/C13H23BrN2O3/c1-4-19-13(18)15-10-6-5-7-16(8-10)12(17)11(14)9(2)3/h9-11H,4-8H2,1-3H3,(H,15,18). The molecule has 110 valence electrons. The van der Waals surface area contributed by atoms with Crippen LogP contribution in [0.1, 0.15) is 33.6 Å². The molecule has 0 bridgehead atoms. The fourth-order valence-corrected chi connectivity index (χ4v) is 2.38. The normalized spacial score (nSPS) is 21.1. The van der Waals surface area contributed by atoms with Crippen LogP contribution in [0.4, 0.5) is 4.79 Å². The van der Waals surface area contributed by atoms with Crippen molar-refractivity contribution < 1.29 is 14.3 Å². The van der Waals surface area contributed by atoms with Gasteiger partial charge in [-0.05, 0) is 25.7 Å². The summed E-state index contributed by atoms with van der Waals surface area (Å²) in [7, 11) is 0. The van der Waals surface area contributed by atoms with Crippen molar-refractivity contribution in [1.82, 2.24) is 10.2 Å². The Morgan fingerprint density at radius 1 is 1.47 bits per heavy atom. The van der Waals surface area contributed by atoms with Crippen molar-refractivity contribution in [3.05, 3.63) is 0 Å². The molecule has 0 radical (unpaired) electrons. The maximum Gasteiger partial charge on any atom is 0.407 e. The maximum atomic E-state index is 12.2. The summed E-state index contributed by atoms with van der Waals surface area (Å²) < 4.78 is 4.86. The van der Waals surface area contributed by atoms with Crippen LogP contribution < -0.4 is 5.32 Å². The first-order valence-corrected chi connectivity index (χ1v) is 7.73. The Bertz CT molecular complexity index is 323. The number of alkyl halides is 1. The van der Waals surface area contributed by atoms with E-state index < -0.39 is 6.09 Å². The molecule has 0 saturated carbocycles. The molecule has 0 aromatic rings. The molecule has 19 heavy (non-hydrogen) atoms. The number of nitrogens with one attached hydrogen (secondary N) is 1. The quantitative estimate of drug-likeness (QED) is 0.801. The van der Waals surface area contributed by atoms with Crippen molar-refractivity contribution >= 4 is 27.9 Å². The van der Waals surface area contributed by atoms with Gasteiger partial charge in [0.05, 0.1) is 11.4 Å². The average molecular weight is 335 g/mol. The predicted molar refractivity (Wildman–Crippen MR) is 77.3 cm³/mol. The van der Waals surface area contributed by atoms with Gasteiger partial charge in [-0.3, -0.25) is 4.79 Å². The van der Waals surface area contributed by atoms with Gasteiger partial charge in [-0.25, -0.2) is 4.79 Å². The number of likely N-dealkylation sites (tertiary alicyclic amines) is 1. The smallest absolute Gasteiger partial charge is 0.407 e. The number of hydrogen-bond donors (Lipinski definition) is 1. The SMILES string of the molecule is CCOC(=O)NC1CCCN(C(=O)C(Br)C(C)C)C1. The molecule has 1 aliphatic heterocycles. The van der Waals surface area contributed by atoms with E-state index in [1.165, 1.54) is 0 Å². The van der Waals surface area contributed by atoms with Crippen LogP contribution in [0.25, 0.3) is 0 Å². The summed E-state index contributed by atoms with van der Waals surface area (Å²) in [5, 5.41) is 2.80. The fraction of sp³-hybridized carbons (Fsp3) is 0.846. The Morgan fingerprint density at radius 3 is 2.74 bits per heavy atom. The third kappa shape index (κ3) is 5.01. The van der Waals surface area contributed by atoms with E-state index in [9.17, 15) is 9.59 Å². The molecule has 2 amide bonds. The van der Waals surface area contributed by atoms with Gasteiger partial charge in [0.25, 0.3) is 0 Å². The first-order valence-electron chi connectivity index (χ1n) is 6.81. The van der Waals surface area contributed by atoms with Crippen molar-refractivity contribution in [3.63, 3.8) is 0 Å². The van der Waals surface area contributed by atoms with Gasteiger partial charge in [-0.2, -0.15) is 0 Å². The second-order valence-electron chi connectivity index (χ2n) is 5.13. The second kappa shape index (κ2) is 7.72. The van der Waals surface area contributed by atoms with Gasteiger partial charge in [-0.1, -0.05) is 29.8 Å². The highest BCUT2D eigenvalue weighted by atomic mass is 79.9. The van der Waals surface area contributed by atoms with Gasteiger partial charge in [0.15, 0.2) is 0 Å². The first-order chi connectivity index (χ1) is 8.95. The van der Waals surface area contributed by atoms with Gasteiger partial charge in [0, 0.05) is 19.1 Å². The van der Waals surface area contributed by atoms with Crippen LogP contribution in [0.5, 0.6) is 0 Å². The third-order valence-corrected chi connectivity index (χ3v) is 4.60. The number of nitrogens with zero attached hydrogens (tertiary/aromatic N) is 1. The molecule has 0 aromatic carbocycles. The molecule has 1 fully saturated rings. The Labute approximate surface area is 123 Å². The van der Waals surface area contributed by atoms with E-state index in [0.717, 1.165) is 19.4 Å². The Morgan fingerprint density at radius 2 is 2.16 bits per heavy atom. The molecule has 1 N–H and O–H groups in total. The van der Waals surface area contributed by atoms with Gasteiger partial charge < -0.3 is 15.0 Å². The summed E-state index contributed by atoms with van der Waals surface area (Å²) in [6, 6.07) is -0.0105. The third-order valence-electron chi connectivity index (χ3n) is 3.15. The lowest BCUT2D eigenvalue weighted by molar-refractivity contribution is -0.132. The van der Waals surface area contributed by atoms with Crippen molar-refractivity contribution in [2.24, 2.45) is 5.92 Å². The van der Waals surface area contributed by atoms with E-state index in [1.807, 2.05) is 18.7 Å². The minimum Gasteiger partial charge on any atom is -0.450 e. The van der Waals surface area contributed by atoms with Gasteiger partial charge in [-0.15, -0.1) is 0 Å². The van der Waals surface area contributed by atoms with Crippen LogP contribution in [0, 0.1) is 5.92 Å². The van der Waals surface area contributed by atoms with Crippen LogP contribution in [0.15, 0.2) is 0 Å². The molecule has 0 aliphatic carbocycles. The molecule has 0 spiro atoms. The summed E-state index contributed by atoms with van der Waals surface area (Å²) in [4.78, 5) is 25.3. The Hall–Kier alpha value is -0.780. The van der Waals surface area contributed by atoms with E-state index in [-0.39, 0.29) is 22.7 Å². The van der Waals surface area contributed by atoms with Crippen LogP contribution in [-0.4, -0.2) is 47.5 Å². The van der Waals surface area contributed by atoms with Gasteiger partial charge in [0.2, 0.25) is 5.91 Å². The number of ether oxygens (including phenoxy) is 1. The van der Waals surface area contributed by atoms with E-state index in [2.05, 4.69) is 21.2 Å². The Kier molecular flexibility index (Phi) is 6.62. The van der Waals surface area contributed by atoms with Crippen LogP contribution in [0.3, 0.4) is 0 Å². The largest absolute Gasteiger partial charge is 0.450 e. The number of alkyl carbamates (subject to hydrolysis) is 1. The topological polar surface area (TPSA) is 58.6 Å². The summed E-state index contributed by atoms with van der Waals surface area (Å²) >= 11 is 3.44. The van der Waals surface area contributed by atoms with E-state index >= 15 is 0 Å². The van der Waals surface area contributed by atoms with Gasteiger partial charge in [0.1, 0.15) is 0 Å². The number of rotatable bonds is 4. The minimum absolute atomic E-state index is 0.0105. The Balaban J connectivity index is 2.50. The highest BCUT2D eigenvalue weighted by molar-refractivity contribution is 9.10. The first kappa shape index (κ1) is 16.3. The van der Waals surface area contributed by atoms with E-state index in [4.69, 9.17) is 4.74 Å². The molecule has 0 aromatic heterocycles. The zero-order valence-electron chi connectivity index (χ0n) is 11.8. The van der Waals surface area contributed by atoms with Crippen LogP contribution in [0.2, 0.25) is 0 Å². The summed E-state index contributed by atoms with van der Waals surface area (Å²) in [5.41, 5.74) is 0. The molecule has 2 unspecified atom stereocenters. The molecule has 6 heteroatoms. The zero-order valence-corrected chi connectivity index (χ0v) is 13.4. The predicted octanol–water partition coefficient (Wildman–Crippen LogP) is 2.14. The lowest BCUT2D eigenvalue weighted by atomic mass is 10.0. The molecule has 1 rings (SSSR count). The summed E-state index contributed by atoms with van der Waals surface area (Å²) in [6.45, 7) is 7.47. The molecule has 1 saturated heterocycles. The highest BCUT2D eigenvalue weighted by Gasteiger charge is 2.29. The monoisotopic (exact) mass is 334 g/mol.